The highest BCUT2D eigenvalue weighted by molar-refractivity contribution is 5.83. The highest BCUT2D eigenvalue weighted by Gasteiger charge is 2.15. The second-order valence-electron chi connectivity index (χ2n) is 5.19. The molecular formula is C17H14F2O2. The Morgan fingerprint density at radius 1 is 0.905 bits per heavy atom. The van der Waals surface area contributed by atoms with Gasteiger partial charge in [0.15, 0.2) is 17.4 Å². The molecule has 0 radical (unpaired) electrons. The van der Waals surface area contributed by atoms with Gasteiger partial charge in [-0.1, -0.05) is 12.1 Å². The molecule has 1 aliphatic rings. The molecule has 0 aliphatic heterocycles. The normalized spacial score (nSPS) is 14.3. The van der Waals surface area contributed by atoms with Crippen molar-refractivity contribution in [3.8, 4) is 11.5 Å². The van der Waals surface area contributed by atoms with Crippen molar-refractivity contribution in [1.82, 2.24) is 0 Å². The maximum absolute atomic E-state index is 13.5. The second-order valence-corrected chi connectivity index (χ2v) is 5.19. The van der Waals surface area contributed by atoms with E-state index in [0.717, 1.165) is 41.7 Å². The number of halogens is 2. The minimum atomic E-state index is -0.957. The van der Waals surface area contributed by atoms with Crippen molar-refractivity contribution < 1.29 is 19.0 Å². The van der Waals surface area contributed by atoms with Crippen LogP contribution in [-0.4, -0.2) is 10.2 Å². The first-order valence-corrected chi connectivity index (χ1v) is 6.75. The lowest BCUT2D eigenvalue weighted by atomic mass is 10.00. The second kappa shape index (κ2) is 5.20. The van der Waals surface area contributed by atoms with E-state index < -0.39 is 17.4 Å². The van der Waals surface area contributed by atoms with E-state index in [4.69, 9.17) is 0 Å². The molecule has 1 aliphatic carbocycles. The van der Waals surface area contributed by atoms with Gasteiger partial charge in [0.25, 0.3) is 0 Å². The Balaban J connectivity index is 2.08. The summed E-state index contributed by atoms with van der Waals surface area (Å²) in [6.45, 7) is 0. The SMILES string of the molecule is Oc1ccc2c(c1)CCCC(c1cc(F)c(O)c(F)c1)=C2. The Labute approximate surface area is 121 Å². The van der Waals surface area contributed by atoms with Gasteiger partial charge in [0.1, 0.15) is 5.75 Å². The predicted molar refractivity (Wildman–Crippen MR) is 76.9 cm³/mol. The number of benzene rings is 2. The lowest BCUT2D eigenvalue weighted by Crippen LogP contribution is -1.90. The lowest BCUT2D eigenvalue weighted by Gasteiger charge is -2.07. The van der Waals surface area contributed by atoms with Crippen LogP contribution in [0.5, 0.6) is 11.5 Å². The number of aromatic hydroxyl groups is 2. The zero-order valence-electron chi connectivity index (χ0n) is 11.2. The Kier molecular flexibility index (Phi) is 3.37. The van der Waals surface area contributed by atoms with E-state index in [0.29, 0.717) is 12.0 Å². The van der Waals surface area contributed by atoms with Crippen LogP contribution in [0.15, 0.2) is 30.3 Å². The zero-order valence-corrected chi connectivity index (χ0v) is 11.2. The van der Waals surface area contributed by atoms with Crippen molar-refractivity contribution in [3.63, 3.8) is 0 Å². The third kappa shape index (κ3) is 2.61. The van der Waals surface area contributed by atoms with Gasteiger partial charge in [0.05, 0.1) is 0 Å². The molecule has 0 unspecified atom stereocenters. The summed E-state index contributed by atoms with van der Waals surface area (Å²) in [6.07, 6.45) is 4.19. The first-order chi connectivity index (χ1) is 10.0. The van der Waals surface area contributed by atoms with Crippen molar-refractivity contribution >= 4 is 11.6 Å². The molecule has 108 valence electrons. The fourth-order valence-electron chi connectivity index (χ4n) is 2.66. The zero-order chi connectivity index (χ0) is 15.0. The van der Waals surface area contributed by atoms with Gasteiger partial charge in [-0.2, -0.15) is 0 Å². The maximum Gasteiger partial charge on any atom is 0.187 e. The number of fused-ring (bicyclic) bond motifs is 1. The van der Waals surface area contributed by atoms with E-state index in [1.54, 1.807) is 18.2 Å². The minimum absolute atomic E-state index is 0.215. The van der Waals surface area contributed by atoms with Gasteiger partial charge in [-0.3, -0.25) is 0 Å². The van der Waals surface area contributed by atoms with Gasteiger partial charge in [-0.05, 0) is 65.8 Å². The third-order valence-electron chi connectivity index (χ3n) is 3.74. The number of rotatable bonds is 1. The summed E-state index contributed by atoms with van der Waals surface area (Å²) >= 11 is 0. The average molecular weight is 288 g/mol. The molecule has 0 bridgehead atoms. The molecule has 2 aromatic carbocycles. The fraction of sp³-hybridized carbons (Fsp3) is 0.176. The molecule has 0 aromatic heterocycles. The third-order valence-corrected chi connectivity index (χ3v) is 3.74. The molecule has 0 saturated heterocycles. The Bertz CT molecular complexity index is 713. The summed E-state index contributed by atoms with van der Waals surface area (Å²) in [5.41, 5.74) is 3.21. The number of phenols is 2. The van der Waals surface area contributed by atoms with Gasteiger partial charge in [0, 0.05) is 0 Å². The number of aryl methyl sites for hydroxylation is 1. The molecule has 2 nitrogen and oxygen atoms in total. The molecule has 0 saturated carbocycles. The highest BCUT2D eigenvalue weighted by atomic mass is 19.1. The molecule has 0 fully saturated rings. The van der Waals surface area contributed by atoms with Crippen LogP contribution in [0.25, 0.3) is 11.6 Å². The monoisotopic (exact) mass is 288 g/mol. The Hall–Kier alpha value is -2.36. The number of phenolic OH excluding ortho intramolecular Hbond substituents is 2. The molecule has 2 N–H and O–H groups in total. The van der Waals surface area contributed by atoms with Crippen molar-refractivity contribution in [3.05, 3.63) is 58.7 Å². The van der Waals surface area contributed by atoms with E-state index in [-0.39, 0.29) is 5.75 Å². The average Bonchev–Trinajstić information content (AvgIpc) is 2.66. The Morgan fingerprint density at radius 3 is 2.33 bits per heavy atom. The van der Waals surface area contributed by atoms with Crippen LogP contribution in [-0.2, 0) is 6.42 Å². The predicted octanol–water partition coefficient (Wildman–Crippen LogP) is 4.25. The molecule has 3 rings (SSSR count). The van der Waals surface area contributed by atoms with Gasteiger partial charge in [-0.25, -0.2) is 8.78 Å². The first kappa shape index (κ1) is 13.6. The van der Waals surface area contributed by atoms with Crippen molar-refractivity contribution in [1.29, 1.82) is 0 Å². The highest BCUT2D eigenvalue weighted by Crippen LogP contribution is 2.33. The molecule has 0 heterocycles. The number of hydrogen-bond donors (Lipinski definition) is 2. The summed E-state index contributed by atoms with van der Waals surface area (Å²) in [6, 6.07) is 7.40. The van der Waals surface area contributed by atoms with Crippen molar-refractivity contribution in [2.75, 3.05) is 0 Å². The quantitative estimate of drug-likeness (QED) is 0.823. The van der Waals surface area contributed by atoms with Crippen LogP contribution in [0.2, 0.25) is 0 Å². The smallest absolute Gasteiger partial charge is 0.187 e. The van der Waals surface area contributed by atoms with Crippen LogP contribution in [0.3, 0.4) is 0 Å². The molecule has 21 heavy (non-hydrogen) atoms. The molecular weight excluding hydrogens is 274 g/mol. The van der Waals surface area contributed by atoms with Gasteiger partial charge >= 0.3 is 0 Å². The molecule has 0 amide bonds. The van der Waals surface area contributed by atoms with E-state index in [1.165, 1.54) is 0 Å². The lowest BCUT2D eigenvalue weighted by molar-refractivity contribution is 0.396. The number of hydrogen-bond acceptors (Lipinski definition) is 2. The standard InChI is InChI=1S/C17H14F2O2/c18-15-8-13(9-16(19)17(15)21)10-2-1-3-11-7-14(20)5-4-12(11)6-10/h4-9,20-21H,1-3H2. The summed E-state index contributed by atoms with van der Waals surface area (Å²) in [5.74, 6) is -2.65. The van der Waals surface area contributed by atoms with Gasteiger partial charge in [0.2, 0.25) is 0 Å². The summed E-state index contributed by atoms with van der Waals surface area (Å²) in [5, 5.41) is 18.7. The fourth-order valence-corrected chi connectivity index (χ4v) is 2.66. The summed E-state index contributed by atoms with van der Waals surface area (Å²) in [4.78, 5) is 0. The number of allylic oxidation sites excluding steroid dienone is 1. The largest absolute Gasteiger partial charge is 0.508 e. The van der Waals surface area contributed by atoms with Crippen molar-refractivity contribution in [2.45, 2.75) is 19.3 Å². The molecule has 4 heteroatoms. The molecule has 0 atom stereocenters. The maximum atomic E-state index is 13.5. The molecule has 2 aromatic rings. The van der Waals surface area contributed by atoms with Crippen LogP contribution < -0.4 is 0 Å². The van der Waals surface area contributed by atoms with Crippen LogP contribution in [0, 0.1) is 11.6 Å². The van der Waals surface area contributed by atoms with Crippen LogP contribution >= 0.6 is 0 Å². The topological polar surface area (TPSA) is 40.5 Å². The van der Waals surface area contributed by atoms with E-state index >= 15 is 0 Å². The summed E-state index contributed by atoms with van der Waals surface area (Å²) < 4.78 is 27.0. The van der Waals surface area contributed by atoms with E-state index in [2.05, 4.69) is 0 Å². The first-order valence-electron chi connectivity index (χ1n) is 6.75. The van der Waals surface area contributed by atoms with E-state index in [1.807, 2.05) is 6.08 Å². The van der Waals surface area contributed by atoms with Crippen molar-refractivity contribution in [2.24, 2.45) is 0 Å². The minimum Gasteiger partial charge on any atom is -0.508 e. The van der Waals surface area contributed by atoms with Crippen LogP contribution in [0.1, 0.15) is 29.5 Å². The summed E-state index contributed by atoms with van der Waals surface area (Å²) in [7, 11) is 0. The Morgan fingerprint density at radius 2 is 1.62 bits per heavy atom. The van der Waals surface area contributed by atoms with Gasteiger partial charge in [-0.15, -0.1) is 0 Å². The van der Waals surface area contributed by atoms with E-state index in [9.17, 15) is 19.0 Å². The van der Waals surface area contributed by atoms with Crippen LogP contribution in [0.4, 0.5) is 8.78 Å². The van der Waals surface area contributed by atoms with Gasteiger partial charge < -0.3 is 10.2 Å². The molecule has 0 spiro atoms.